The highest BCUT2D eigenvalue weighted by molar-refractivity contribution is 5.75. The zero-order valence-corrected chi connectivity index (χ0v) is 22.2. The van der Waals surface area contributed by atoms with Gasteiger partial charge in [0.2, 0.25) is 0 Å². The van der Waals surface area contributed by atoms with E-state index in [1.807, 2.05) is 12.3 Å². The molecular formula is C31H54N2. The minimum absolute atomic E-state index is 0.931. The summed E-state index contributed by atoms with van der Waals surface area (Å²) in [6.07, 6.45) is 32.7. The Labute approximate surface area is 206 Å². The predicted molar refractivity (Wildman–Crippen MR) is 147 cm³/mol. The Morgan fingerprint density at radius 2 is 1.15 bits per heavy atom. The molecule has 2 heterocycles. The van der Waals surface area contributed by atoms with E-state index >= 15 is 0 Å². The standard InChI is InChI=1S/C31H54N2/c1-3-5-7-9-11-13-15-17-21-29(22-18-16-14-12-10-8-6-4-2)23-20-27-33-28-25-30-24-19-26-32-31(30)33/h19,24-26,28-29H,3-18,20-23,27H2,1-2H3. The highest BCUT2D eigenvalue weighted by Crippen LogP contribution is 2.24. The quantitative estimate of drug-likeness (QED) is 0.162. The van der Waals surface area contributed by atoms with Gasteiger partial charge >= 0.3 is 0 Å². The van der Waals surface area contributed by atoms with Gasteiger partial charge in [-0.25, -0.2) is 4.98 Å². The molecule has 0 unspecified atom stereocenters. The number of unbranched alkanes of at least 4 members (excludes halogenated alkanes) is 14. The van der Waals surface area contributed by atoms with Crippen molar-refractivity contribution in [1.29, 1.82) is 0 Å². The molecule has 0 aromatic carbocycles. The predicted octanol–water partition coefficient (Wildman–Crippen LogP) is 10.5. The van der Waals surface area contributed by atoms with Crippen molar-refractivity contribution in [3.05, 3.63) is 30.6 Å². The van der Waals surface area contributed by atoms with Crippen molar-refractivity contribution in [3.8, 4) is 0 Å². The van der Waals surface area contributed by atoms with Crippen LogP contribution in [0.1, 0.15) is 142 Å². The highest BCUT2D eigenvalue weighted by Gasteiger charge is 2.10. The minimum Gasteiger partial charge on any atom is -0.333 e. The summed E-state index contributed by atoms with van der Waals surface area (Å²) in [4.78, 5) is 4.60. The maximum absolute atomic E-state index is 4.60. The third-order valence-corrected chi connectivity index (χ3v) is 7.47. The summed E-state index contributed by atoms with van der Waals surface area (Å²) in [5, 5.41) is 1.27. The van der Waals surface area contributed by atoms with Crippen LogP contribution >= 0.6 is 0 Å². The zero-order chi connectivity index (χ0) is 23.4. The number of hydrogen-bond donors (Lipinski definition) is 0. The van der Waals surface area contributed by atoms with Crippen LogP contribution in [0.3, 0.4) is 0 Å². The average Bonchev–Trinajstić information content (AvgIpc) is 3.25. The van der Waals surface area contributed by atoms with Gasteiger partial charge < -0.3 is 4.57 Å². The number of pyridine rings is 1. The van der Waals surface area contributed by atoms with Crippen LogP contribution in [-0.2, 0) is 6.54 Å². The van der Waals surface area contributed by atoms with E-state index in [0.717, 1.165) is 18.1 Å². The van der Waals surface area contributed by atoms with Crippen LogP contribution in [0.4, 0.5) is 0 Å². The Balaban J connectivity index is 1.65. The second-order valence-corrected chi connectivity index (χ2v) is 10.5. The number of rotatable bonds is 22. The SMILES string of the molecule is CCCCCCCCCCC(CCCCCCCCCC)CCCn1ccc2cccnc21. The van der Waals surface area contributed by atoms with Gasteiger partial charge in [-0.2, -0.15) is 0 Å². The number of aromatic nitrogens is 2. The molecule has 2 aromatic heterocycles. The normalized spacial score (nSPS) is 11.7. The molecule has 2 nitrogen and oxygen atoms in total. The lowest BCUT2D eigenvalue weighted by Crippen LogP contribution is -2.05. The summed E-state index contributed by atoms with van der Waals surface area (Å²) in [5.74, 6) is 0.931. The molecule has 188 valence electrons. The molecule has 0 aliphatic heterocycles. The first kappa shape index (κ1) is 27.9. The smallest absolute Gasteiger partial charge is 0.139 e. The molecule has 0 aliphatic carbocycles. The second kappa shape index (κ2) is 19.0. The van der Waals surface area contributed by atoms with Gasteiger partial charge in [0.1, 0.15) is 5.65 Å². The summed E-state index contributed by atoms with van der Waals surface area (Å²) in [7, 11) is 0. The maximum atomic E-state index is 4.60. The monoisotopic (exact) mass is 454 g/mol. The van der Waals surface area contributed by atoms with Crippen LogP contribution in [-0.4, -0.2) is 9.55 Å². The fraction of sp³-hybridized carbons (Fsp3) is 0.774. The number of hydrogen-bond acceptors (Lipinski definition) is 1. The van der Waals surface area contributed by atoms with Gasteiger partial charge in [0.25, 0.3) is 0 Å². The fourth-order valence-corrected chi connectivity index (χ4v) is 5.32. The van der Waals surface area contributed by atoms with Crippen molar-refractivity contribution >= 4 is 11.0 Å². The lowest BCUT2D eigenvalue weighted by molar-refractivity contribution is 0.364. The van der Waals surface area contributed by atoms with E-state index in [4.69, 9.17) is 0 Å². The molecule has 33 heavy (non-hydrogen) atoms. The Morgan fingerprint density at radius 1 is 0.636 bits per heavy atom. The molecule has 0 aliphatic rings. The molecule has 2 heteroatoms. The summed E-state index contributed by atoms with van der Waals surface area (Å²) in [5.41, 5.74) is 1.15. The number of fused-ring (bicyclic) bond motifs is 1. The third kappa shape index (κ3) is 12.6. The zero-order valence-electron chi connectivity index (χ0n) is 22.2. The van der Waals surface area contributed by atoms with Crippen LogP contribution in [0.5, 0.6) is 0 Å². The molecule has 0 saturated heterocycles. The maximum Gasteiger partial charge on any atom is 0.139 e. The summed E-state index contributed by atoms with van der Waals surface area (Å²) < 4.78 is 2.36. The van der Waals surface area contributed by atoms with E-state index in [0.29, 0.717) is 0 Å². The molecule has 0 N–H and O–H groups in total. The van der Waals surface area contributed by atoms with Crippen molar-refractivity contribution in [2.45, 2.75) is 149 Å². The number of aryl methyl sites for hydroxylation is 1. The van der Waals surface area contributed by atoms with Gasteiger partial charge in [-0.15, -0.1) is 0 Å². The van der Waals surface area contributed by atoms with E-state index in [1.165, 1.54) is 134 Å². The molecule has 0 spiro atoms. The molecule has 2 aromatic rings. The van der Waals surface area contributed by atoms with Crippen LogP contribution in [0, 0.1) is 5.92 Å². The summed E-state index contributed by atoms with van der Waals surface area (Å²) in [6.45, 7) is 5.73. The topological polar surface area (TPSA) is 17.8 Å². The van der Waals surface area contributed by atoms with Gasteiger partial charge in [-0.1, -0.05) is 129 Å². The first-order chi connectivity index (χ1) is 16.3. The van der Waals surface area contributed by atoms with Crippen LogP contribution in [0.2, 0.25) is 0 Å². The molecular weight excluding hydrogens is 400 g/mol. The van der Waals surface area contributed by atoms with Gasteiger partial charge in [0.15, 0.2) is 0 Å². The van der Waals surface area contributed by atoms with Crippen LogP contribution in [0.25, 0.3) is 11.0 Å². The summed E-state index contributed by atoms with van der Waals surface area (Å²) >= 11 is 0. The molecule has 0 fully saturated rings. The van der Waals surface area contributed by atoms with Gasteiger partial charge in [0.05, 0.1) is 0 Å². The van der Waals surface area contributed by atoms with Crippen LogP contribution in [0.15, 0.2) is 30.6 Å². The van der Waals surface area contributed by atoms with Crippen LogP contribution < -0.4 is 0 Å². The first-order valence-corrected chi connectivity index (χ1v) is 14.7. The Morgan fingerprint density at radius 3 is 1.73 bits per heavy atom. The van der Waals surface area contributed by atoms with Gasteiger partial charge in [-0.05, 0) is 37.0 Å². The molecule has 2 rings (SSSR count). The Hall–Kier alpha value is -1.31. The Bertz CT molecular complexity index is 669. The van der Waals surface area contributed by atoms with E-state index in [2.05, 4.69) is 41.7 Å². The van der Waals surface area contributed by atoms with Crippen molar-refractivity contribution < 1.29 is 0 Å². The van der Waals surface area contributed by atoms with Crippen molar-refractivity contribution in [2.75, 3.05) is 0 Å². The Kier molecular flexibility index (Phi) is 16.1. The first-order valence-electron chi connectivity index (χ1n) is 14.7. The molecule has 0 radical (unpaired) electrons. The molecule has 0 saturated carbocycles. The number of nitrogens with zero attached hydrogens (tertiary/aromatic N) is 2. The van der Waals surface area contributed by atoms with Gasteiger partial charge in [0, 0.05) is 24.3 Å². The minimum atomic E-state index is 0.931. The van der Waals surface area contributed by atoms with Crippen molar-refractivity contribution in [1.82, 2.24) is 9.55 Å². The lowest BCUT2D eigenvalue weighted by atomic mass is 9.90. The summed E-state index contributed by atoms with van der Waals surface area (Å²) in [6, 6.07) is 6.42. The third-order valence-electron chi connectivity index (χ3n) is 7.47. The van der Waals surface area contributed by atoms with Crippen molar-refractivity contribution in [3.63, 3.8) is 0 Å². The van der Waals surface area contributed by atoms with E-state index in [9.17, 15) is 0 Å². The molecule has 0 amide bonds. The largest absolute Gasteiger partial charge is 0.333 e. The van der Waals surface area contributed by atoms with Gasteiger partial charge in [-0.3, -0.25) is 0 Å². The van der Waals surface area contributed by atoms with E-state index < -0.39 is 0 Å². The lowest BCUT2D eigenvalue weighted by Gasteiger charge is -2.17. The molecule has 0 atom stereocenters. The molecule has 0 bridgehead atoms. The van der Waals surface area contributed by atoms with E-state index in [1.54, 1.807) is 0 Å². The average molecular weight is 455 g/mol. The highest BCUT2D eigenvalue weighted by atomic mass is 15.0. The van der Waals surface area contributed by atoms with Crippen molar-refractivity contribution in [2.24, 2.45) is 5.92 Å². The second-order valence-electron chi connectivity index (χ2n) is 10.5. The fourth-order valence-electron chi connectivity index (χ4n) is 5.32. The van der Waals surface area contributed by atoms with E-state index in [-0.39, 0.29) is 0 Å².